The van der Waals surface area contributed by atoms with E-state index in [9.17, 15) is 49.2 Å². The first-order chi connectivity index (χ1) is 26.9. The number of amides is 2. The van der Waals surface area contributed by atoms with Crippen molar-refractivity contribution in [3.63, 3.8) is 0 Å². The summed E-state index contributed by atoms with van der Waals surface area (Å²) in [5, 5.41) is 41.5. The predicted octanol–water partition coefficient (Wildman–Crippen LogP) is -0.857. The number of carbonyl (C=O) groups excluding carboxylic acids is 2. The maximum atomic E-state index is 13.8. The van der Waals surface area contributed by atoms with Gasteiger partial charge >= 0.3 is 23.9 Å². The van der Waals surface area contributed by atoms with E-state index in [2.05, 4.69) is 21.7 Å². The molecule has 56 heavy (non-hydrogen) atoms. The Morgan fingerprint density at radius 3 is 1.71 bits per heavy atom. The van der Waals surface area contributed by atoms with E-state index in [0.29, 0.717) is 6.54 Å². The Kier molecular flexibility index (Phi) is 15.2. The first-order valence-corrected chi connectivity index (χ1v) is 18.7. The molecule has 0 aliphatic carbocycles. The summed E-state index contributed by atoms with van der Waals surface area (Å²) in [5.74, 6) is -5.09. The number of carboxylic acids is 4. The molecule has 19 heteroatoms. The normalized spacial score (nSPS) is 20.8. The molecule has 2 amide bonds. The molecule has 3 heterocycles. The highest BCUT2D eigenvalue weighted by Gasteiger charge is 2.36. The minimum Gasteiger partial charge on any atom is -0.480 e. The molecule has 19 nitrogen and oxygen atoms in total. The second kappa shape index (κ2) is 20.2. The van der Waals surface area contributed by atoms with Crippen molar-refractivity contribution in [1.29, 1.82) is 0 Å². The number of rotatable bonds is 14. The molecular formula is C37H51N9O10. The summed E-state index contributed by atoms with van der Waals surface area (Å²) >= 11 is 0. The van der Waals surface area contributed by atoms with E-state index in [1.165, 1.54) is 0 Å². The number of carboxylic acid groups (broad SMARTS) is 4. The van der Waals surface area contributed by atoms with Crippen LogP contribution in [0.4, 0.5) is 5.69 Å². The Morgan fingerprint density at radius 1 is 0.661 bits per heavy atom. The van der Waals surface area contributed by atoms with Gasteiger partial charge in [0.1, 0.15) is 6.04 Å². The third-order valence-electron chi connectivity index (χ3n) is 10.4. The summed E-state index contributed by atoms with van der Waals surface area (Å²) < 4.78 is 0. The maximum absolute atomic E-state index is 13.8. The van der Waals surface area contributed by atoms with Gasteiger partial charge in [0.15, 0.2) is 0 Å². The van der Waals surface area contributed by atoms with E-state index in [1.54, 1.807) is 24.5 Å². The van der Waals surface area contributed by atoms with Crippen molar-refractivity contribution < 1.29 is 49.2 Å². The lowest BCUT2D eigenvalue weighted by atomic mass is 9.88. The molecule has 304 valence electrons. The number of hydrogen-bond acceptors (Lipinski definition) is 13. The quantitative estimate of drug-likeness (QED) is 0.116. The number of anilines is 1. The molecule has 3 aliphatic rings. The van der Waals surface area contributed by atoms with Crippen LogP contribution >= 0.6 is 0 Å². The summed E-state index contributed by atoms with van der Waals surface area (Å²) in [6.07, 6.45) is -0.261. The van der Waals surface area contributed by atoms with Gasteiger partial charge in [0.05, 0.1) is 38.3 Å². The Balaban J connectivity index is 1.21. The SMILES string of the molecule is O=C(O)CN1CCN(CC(=O)O)CCN(C(CCC(=O)NCCC(=O)N2Cc3ccccc3C3NNNC3c3ccccc32)C(=O)O)CCN(CC(=O)O)CC1. The van der Waals surface area contributed by atoms with Crippen LogP contribution in [0.5, 0.6) is 0 Å². The zero-order chi connectivity index (χ0) is 40.2. The summed E-state index contributed by atoms with van der Waals surface area (Å²) in [4.78, 5) is 82.4. The molecule has 3 aliphatic heterocycles. The Morgan fingerprint density at radius 2 is 1.16 bits per heavy atom. The van der Waals surface area contributed by atoms with E-state index < -0.39 is 35.8 Å². The van der Waals surface area contributed by atoms with Gasteiger partial charge in [-0.2, -0.15) is 5.53 Å². The zero-order valence-electron chi connectivity index (χ0n) is 31.1. The predicted molar refractivity (Wildman–Crippen MR) is 201 cm³/mol. The fourth-order valence-corrected chi connectivity index (χ4v) is 7.51. The highest BCUT2D eigenvalue weighted by atomic mass is 16.4. The summed E-state index contributed by atoms with van der Waals surface area (Å²) in [6.45, 7) is 0.620. The van der Waals surface area contributed by atoms with Crippen LogP contribution in [-0.4, -0.2) is 160 Å². The van der Waals surface area contributed by atoms with E-state index >= 15 is 0 Å². The standard InChI is InChI=1S/C37H51N9O10/c47-30(38-12-11-31(48)46-21-25-5-1-2-6-26(25)35-36(40-41-39-35)27-7-3-4-8-28(27)46)10-9-29(37(55)56)45-19-17-43(23-33(51)52)15-13-42(22-32(49)50)14-16-44(18-20-45)24-34(53)54/h1-8,29,35-36,39-41H,9-24H2,(H,38,47)(H,49,50)(H,51,52)(H,53,54)(H,55,56). The Bertz CT molecular complexity index is 1700. The van der Waals surface area contributed by atoms with Crippen molar-refractivity contribution in [1.82, 2.24) is 41.3 Å². The average Bonchev–Trinajstić information content (AvgIpc) is 3.62. The van der Waals surface area contributed by atoms with Crippen LogP contribution in [0.2, 0.25) is 0 Å². The smallest absolute Gasteiger partial charge is 0.320 e. The fourth-order valence-electron chi connectivity index (χ4n) is 7.51. The number of benzene rings is 2. The van der Waals surface area contributed by atoms with Gasteiger partial charge in [-0.1, -0.05) is 42.5 Å². The van der Waals surface area contributed by atoms with Crippen molar-refractivity contribution in [3.05, 3.63) is 65.2 Å². The molecule has 0 saturated carbocycles. The van der Waals surface area contributed by atoms with Crippen LogP contribution in [-0.2, 0) is 35.3 Å². The third-order valence-corrected chi connectivity index (χ3v) is 10.4. The van der Waals surface area contributed by atoms with Crippen molar-refractivity contribution in [3.8, 4) is 0 Å². The fraction of sp³-hybridized carbons (Fsp3) is 0.514. The number of carbonyl (C=O) groups is 6. The van der Waals surface area contributed by atoms with Crippen molar-refractivity contribution >= 4 is 41.4 Å². The molecule has 2 fully saturated rings. The number of hydrazine groups is 2. The Labute approximate surface area is 324 Å². The minimum atomic E-state index is -1.19. The highest BCUT2D eigenvalue weighted by molar-refractivity contribution is 5.95. The molecule has 8 N–H and O–H groups in total. The summed E-state index contributed by atoms with van der Waals surface area (Å²) in [6, 6.07) is 14.2. The van der Waals surface area contributed by atoms with E-state index in [4.69, 9.17) is 0 Å². The second-order valence-corrected chi connectivity index (χ2v) is 14.1. The second-order valence-electron chi connectivity index (χ2n) is 14.1. The zero-order valence-corrected chi connectivity index (χ0v) is 31.1. The van der Waals surface area contributed by atoms with Crippen LogP contribution in [0.3, 0.4) is 0 Å². The van der Waals surface area contributed by atoms with Gasteiger partial charge in [-0.25, -0.2) is 10.9 Å². The first kappa shape index (κ1) is 42.1. The largest absolute Gasteiger partial charge is 0.480 e. The van der Waals surface area contributed by atoms with Gasteiger partial charge in [-0.3, -0.25) is 48.4 Å². The number of nitrogens with zero attached hydrogens (tertiary/aromatic N) is 5. The molecule has 2 aromatic carbocycles. The molecule has 0 bridgehead atoms. The Hall–Kier alpha value is -5.02. The van der Waals surface area contributed by atoms with Crippen LogP contribution in [0.25, 0.3) is 0 Å². The minimum absolute atomic E-state index is 0.00251. The number of aliphatic carboxylic acids is 4. The monoisotopic (exact) mass is 781 g/mol. The highest BCUT2D eigenvalue weighted by Crippen LogP contribution is 2.40. The molecule has 3 atom stereocenters. The third kappa shape index (κ3) is 11.7. The molecule has 2 saturated heterocycles. The van der Waals surface area contributed by atoms with Crippen molar-refractivity contribution in [2.24, 2.45) is 0 Å². The molecule has 0 spiro atoms. The van der Waals surface area contributed by atoms with Gasteiger partial charge < -0.3 is 30.6 Å². The lowest BCUT2D eigenvalue weighted by molar-refractivity contribution is -0.145. The summed E-state index contributed by atoms with van der Waals surface area (Å²) in [5.41, 5.74) is 13.3. The molecule has 2 aromatic rings. The molecule has 0 radical (unpaired) electrons. The van der Waals surface area contributed by atoms with Crippen LogP contribution in [0.15, 0.2) is 48.5 Å². The van der Waals surface area contributed by atoms with Crippen LogP contribution < -0.4 is 26.6 Å². The number of nitrogens with one attached hydrogen (secondary N) is 4. The number of para-hydroxylation sites is 1. The number of hydrogen-bond donors (Lipinski definition) is 8. The van der Waals surface area contributed by atoms with Gasteiger partial charge in [-0.15, -0.1) is 0 Å². The van der Waals surface area contributed by atoms with Crippen LogP contribution in [0, 0.1) is 0 Å². The van der Waals surface area contributed by atoms with Crippen molar-refractivity contribution in [2.75, 3.05) is 83.4 Å². The maximum Gasteiger partial charge on any atom is 0.320 e. The molecule has 0 aromatic heterocycles. The van der Waals surface area contributed by atoms with Gasteiger partial charge in [0, 0.05) is 77.4 Å². The van der Waals surface area contributed by atoms with E-state index in [0.717, 1.165) is 22.4 Å². The number of fused-ring (bicyclic) bond motifs is 5. The van der Waals surface area contributed by atoms with E-state index in [1.807, 2.05) is 48.5 Å². The van der Waals surface area contributed by atoms with Crippen molar-refractivity contribution in [2.45, 2.75) is 43.9 Å². The van der Waals surface area contributed by atoms with Gasteiger partial charge in [0.2, 0.25) is 11.8 Å². The topological polar surface area (TPSA) is 248 Å². The average molecular weight is 782 g/mol. The lowest BCUT2D eigenvalue weighted by Gasteiger charge is -2.35. The van der Waals surface area contributed by atoms with E-state index in [-0.39, 0.29) is 116 Å². The molecule has 5 rings (SSSR count). The molecular weight excluding hydrogens is 730 g/mol. The van der Waals surface area contributed by atoms with Crippen LogP contribution in [0.1, 0.15) is 48.0 Å². The van der Waals surface area contributed by atoms with Gasteiger partial charge in [-0.05, 0) is 29.2 Å². The lowest BCUT2D eigenvalue weighted by Crippen LogP contribution is -2.52. The molecule has 3 unspecified atom stereocenters. The van der Waals surface area contributed by atoms with Gasteiger partial charge in [0.25, 0.3) is 0 Å². The summed E-state index contributed by atoms with van der Waals surface area (Å²) in [7, 11) is 0. The first-order valence-electron chi connectivity index (χ1n) is 18.7.